The first-order valence-electron chi connectivity index (χ1n) is 13.0. The molecule has 1 aromatic heterocycles. The summed E-state index contributed by atoms with van der Waals surface area (Å²) < 4.78 is 41.0. The van der Waals surface area contributed by atoms with Crippen molar-refractivity contribution in [2.45, 2.75) is 69.6 Å². The SMILES string of the molecule is C[Si](C)(C)C#Cc1cnn(C2CCC(N(C(=O)CNC(=O)c3cccc(C(F)(F)F)c3)C3CNC3)CC2)c1. The van der Waals surface area contributed by atoms with E-state index < -0.39 is 25.7 Å². The molecule has 2 amide bonds. The molecular weight excluding hydrogens is 511 g/mol. The molecule has 38 heavy (non-hydrogen) atoms. The molecule has 4 rings (SSSR count). The molecule has 0 bridgehead atoms. The zero-order valence-electron chi connectivity index (χ0n) is 21.9. The topological polar surface area (TPSA) is 79.3 Å². The Morgan fingerprint density at radius 2 is 1.87 bits per heavy atom. The van der Waals surface area contributed by atoms with E-state index in [0.717, 1.165) is 43.4 Å². The second-order valence-electron chi connectivity index (χ2n) is 11.0. The highest BCUT2D eigenvalue weighted by atomic mass is 28.3. The molecule has 204 valence electrons. The van der Waals surface area contributed by atoms with Crippen molar-refractivity contribution in [2.24, 2.45) is 0 Å². The lowest BCUT2D eigenvalue weighted by molar-refractivity contribution is -0.138. The van der Waals surface area contributed by atoms with Gasteiger partial charge in [0.05, 0.1) is 36.0 Å². The maximum Gasteiger partial charge on any atom is 0.416 e. The van der Waals surface area contributed by atoms with Gasteiger partial charge in [-0.05, 0) is 43.9 Å². The molecule has 0 radical (unpaired) electrons. The first-order valence-corrected chi connectivity index (χ1v) is 16.5. The monoisotopic (exact) mass is 545 g/mol. The van der Waals surface area contributed by atoms with E-state index in [2.05, 4.69) is 46.8 Å². The maximum atomic E-state index is 13.2. The molecule has 0 atom stereocenters. The number of carbonyl (C=O) groups excluding carboxylic acids is 2. The molecule has 1 saturated carbocycles. The number of hydrogen-bond acceptors (Lipinski definition) is 4. The van der Waals surface area contributed by atoms with Gasteiger partial charge in [0.2, 0.25) is 5.91 Å². The Morgan fingerprint density at radius 3 is 2.47 bits per heavy atom. The summed E-state index contributed by atoms with van der Waals surface area (Å²) in [5.41, 5.74) is 3.25. The average Bonchev–Trinajstić information content (AvgIpc) is 3.32. The number of hydrogen-bond donors (Lipinski definition) is 2. The van der Waals surface area contributed by atoms with E-state index in [9.17, 15) is 22.8 Å². The Morgan fingerprint density at radius 1 is 1.16 bits per heavy atom. The van der Waals surface area contributed by atoms with Crippen LogP contribution in [0.15, 0.2) is 36.7 Å². The summed E-state index contributed by atoms with van der Waals surface area (Å²) in [5.74, 6) is 2.32. The van der Waals surface area contributed by atoms with Gasteiger partial charge < -0.3 is 15.5 Å². The number of halogens is 3. The zero-order chi connectivity index (χ0) is 27.5. The highest BCUT2D eigenvalue weighted by molar-refractivity contribution is 6.83. The number of nitrogens with one attached hydrogen (secondary N) is 2. The Hall–Kier alpha value is -3.10. The predicted octanol–water partition coefficient (Wildman–Crippen LogP) is 3.84. The van der Waals surface area contributed by atoms with Gasteiger partial charge in [-0.2, -0.15) is 18.3 Å². The van der Waals surface area contributed by atoms with Gasteiger partial charge in [0, 0.05) is 30.9 Å². The number of alkyl halides is 3. The molecule has 7 nitrogen and oxygen atoms in total. The smallest absolute Gasteiger partial charge is 0.343 e. The summed E-state index contributed by atoms with van der Waals surface area (Å²) in [7, 11) is -1.47. The highest BCUT2D eigenvalue weighted by Crippen LogP contribution is 2.32. The van der Waals surface area contributed by atoms with Crippen molar-refractivity contribution in [3.63, 3.8) is 0 Å². The Balaban J connectivity index is 1.35. The van der Waals surface area contributed by atoms with Crippen LogP contribution in [0.3, 0.4) is 0 Å². The number of amides is 2. The third-order valence-corrected chi connectivity index (χ3v) is 7.79. The van der Waals surface area contributed by atoms with E-state index in [1.165, 1.54) is 12.1 Å². The molecule has 1 aliphatic carbocycles. The molecule has 1 aliphatic heterocycles. The minimum atomic E-state index is -4.54. The second kappa shape index (κ2) is 11.3. The lowest BCUT2D eigenvalue weighted by atomic mass is 9.88. The van der Waals surface area contributed by atoms with Crippen molar-refractivity contribution in [3.05, 3.63) is 53.3 Å². The Labute approximate surface area is 222 Å². The fraction of sp³-hybridized carbons (Fsp3) is 0.519. The van der Waals surface area contributed by atoms with Crippen LogP contribution in [0, 0.1) is 11.5 Å². The number of rotatable bonds is 6. The average molecular weight is 546 g/mol. The summed E-state index contributed by atoms with van der Waals surface area (Å²) in [6.07, 6.45) is 2.62. The fourth-order valence-corrected chi connectivity index (χ4v) is 5.34. The van der Waals surface area contributed by atoms with Crippen molar-refractivity contribution in [1.82, 2.24) is 25.3 Å². The van der Waals surface area contributed by atoms with E-state index in [4.69, 9.17) is 0 Å². The number of nitrogens with zero attached hydrogens (tertiary/aromatic N) is 3. The lowest BCUT2D eigenvalue weighted by Gasteiger charge is -2.45. The summed E-state index contributed by atoms with van der Waals surface area (Å²) in [5, 5.41) is 10.2. The summed E-state index contributed by atoms with van der Waals surface area (Å²) in [4.78, 5) is 27.6. The van der Waals surface area contributed by atoms with Gasteiger partial charge in [0.1, 0.15) is 8.07 Å². The third-order valence-electron chi connectivity index (χ3n) is 6.91. The summed E-state index contributed by atoms with van der Waals surface area (Å²) in [6, 6.07) is 4.53. The first kappa shape index (κ1) is 27.9. The fourth-order valence-electron chi connectivity index (χ4n) is 4.82. The van der Waals surface area contributed by atoms with Crippen LogP contribution >= 0.6 is 0 Å². The van der Waals surface area contributed by atoms with Crippen LogP contribution in [0.4, 0.5) is 13.2 Å². The van der Waals surface area contributed by atoms with Gasteiger partial charge in [-0.1, -0.05) is 31.6 Å². The zero-order valence-corrected chi connectivity index (χ0v) is 22.9. The molecule has 1 saturated heterocycles. The van der Waals surface area contributed by atoms with Gasteiger partial charge in [-0.25, -0.2) is 0 Å². The van der Waals surface area contributed by atoms with Crippen molar-refractivity contribution in [2.75, 3.05) is 19.6 Å². The molecular formula is C27H34F3N5O2Si. The third kappa shape index (κ3) is 7.05. The standard InChI is InChI=1S/C27H34F3N5O2Si/c1-38(2,3)12-11-19-14-33-34(18-19)22-7-9-23(10-8-22)35(24-15-31-16-24)25(36)17-32-26(37)20-5-4-6-21(13-20)27(28,29)30/h4-6,13-14,18,22-24,31H,7-10,15-17H2,1-3H3,(H,32,37). The minimum Gasteiger partial charge on any atom is -0.343 e. The van der Waals surface area contributed by atoms with Gasteiger partial charge in [-0.3, -0.25) is 14.3 Å². The molecule has 11 heteroatoms. The largest absolute Gasteiger partial charge is 0.416 e. The molecule has 2 fully saturated rings. The van der Waals surface area contributed by atoms with E-state index in [0.29, 0.717) is 13.1 Å². The van der Waals surface area contributed by atoms with Gasteiger partial charge >= 0.3 is 6.18 Å². The second-order valence-corrected chi connectivity index (χ2v) is 15.8. The van der Waals surface area contributed by atoms with Crippen LogP contribution in [-0.4, -0.2) is 66.3 Å². The Kier molecular flexibility index (Phi) is 8.33. The number of carbonyl (C=O) groups is 2. The van der Waals surface area contributed by atoms with Crippen LogP contribution in [-0.2, 0) is 11.0 Å². The minimum absolute atomic E-state index is 0.0398. The molecule has 0 unspecified atom stereocenters. The van der Waals surface area contributed by atoms with Crippen LogP contribution in [0.5, 0.6) is 0 Å². The van der Waals surface area contributed by atoms with E-state index in [-0.39, 0.29) is 36.1 Å². The molecule has 2 aromatic rings. The van der Waals surface area contributed by atoms with E-state index in [1.807, 2.05) is 22.0 Å². The van der Waals surface area contributed by atoms with Crippen molar-refractivity contribution >= 4 is 19.9 Å². The van der Waals surface area contributed by atoms with Crippen molar-refractivity contribution in [1.29, 1.82) is 0 Å². The van der Waals surface area contributed by atoms with Crippen LogP contribution < -0.4 is 10.6 Å². The van der Waals surface area contributed by atoms with Gasteiger partial charge in [0.25, 0.3) is 5.91 Å². The predicted molar refractivity (Wildman–Crippen MR) is 141 cm³/mol. The summed E-state index contributed by atoms with van der Waals surface area (Å²) in [6.45, 7) is 7.72. The van der Waals surface area contributed by atoms with Gasteiger partial charge in [0.15, 0.2) is 0 Å². The molecule has 2 N–H and O–H groups in total. The molecule has 1 aromatic carbocycles. The lowest BCUT2D eigenvalue weighted by Crippen LogP contribution is -2.63. The van der Waals surface area contributed by atoms with Gasteiger partial charge in [-0.15, -0.1) is 5.54 Å². The molecule has 0 spiro atoms. The van der Waals surface area contributed by atoms with Crippen LogP contribution in [0.25, 0.3) is 0 Å². The molecule has 2 aliphatic rings. The maximum absolute atomic E-state index is 13.2. The quantitative estimate of drug-likeness (QED) is 0.427. The Bertz CT molecular complexity index is 1220. The highest BCUT2D eigenvalue weighted by Gasteiger charge is 2.37. The van der Waals surface area contributed by atoms with E-state index >= 15 is 0 Å². The van der Waals surface area contributed by atoms with Crippen LogP contribution in [0.2, 0.25) is 19.6 Å². The van der Waals surface area contributed by atoms with E-state index in [1.54, 1.807) is 0 Å². The summed E-state index contributed by atoms with van der Waals surface area (Å²) >= 11 is 0. The van der Waals surface area contributed by atoms with Crippen LogP contribution in [0.1, 0.15) is 53.2 Å². The normalized spacial score (nSPS) is 20.2. The molecule has 2 heterocycles. The first-order chi connectivity index (χ1) is 17.9. The van der Waals surface area contributed by atoms with Crippen molar-refractivity contribution in [3.8, 4) is 11.5 Å². The van der Waals surface area contributed by atoms with Crippen molar-refractivity contribution < 1.29 is 22.8 Å². The number of aromatic nitrogens is 2. The number of benzene rings is 1.